The van der Waals surface area contributed by atoms with Crippen LogP contribution in [-0.2, 0) is 17.8 Å². The van der Waals surface area contributed by atoms with Crippen molar-refractivity contribution >= 4 is 16.7 Å². The maximum atomic E-state index is 11.4. The summed E-state index contributed by atoms with van der Waals surface area (Å²) in [6, 6.07) is 15.5. The van der Waals surface area contributed by atoms with Crippen LogP contribution in [0.3, 0.4) is 0 Å². The van der Waals surface area contributed by atoms with Crippen molar-refractivity contribution in [3.8, 4) is 5.75 Å². The van der Waals surface area contributed by atoms with Gasteiger partial charge in [-0.2, -0.15) is 0 Å². The van der Waals surface area contributed by atoms with Crippen LogP contribution in [0.1, 0.15) is 18.1 Å². The molecule has 0 bridgehead atoms. The highest BCUT2D eigenvalue weighted by Crippen LogP contribution is 2.25. The van der Waals surface area contributed by atoms with E-state index in [0.29, 0.717) is 13.0 Å². The molecule has 0 amide bonds. The van der Waals surface area contributed by atoms with Crippen molar-refractivity contribution in [2.45, 2.75) is 26.0 Å². The smallest absolute Gasteiger partial charge is 0.146 e. The Bertz CT molecular complexity index is 809. The second-order valence-corrected chi connectivity index (χ2v) is 5.72. The number of H-pyrrole nitrogens is 1. The van der Waals surface area contributed by atoms with Crippen molar-refractivity contribution in [2.75, 3.05) is 0 Å². The Labute approximate surface area is 135 Å². The molecule has 0 saturated carbocycles. The molecule has 0 saturated heterocycles. The third-order valence-corrected chi connectivity index (χ3v) is 3.95. The van der Waals surface area contributed by atoms with Gasteiger partial charge in [0.15, 0.2) is 0 Å². The maximum absolute atomic E-state index is 11.4. The van der Waals surface area contributed by atoms with E-state index >= 15 is 0 Å². The van der Waals surface area contributed by atoms with Crippen LogP contribution in [0, 0.1) is 0 Å². The van der Waals surface area contributed by atoms with Gasteiger partial charge in [0.25, 0.3) is 0 Å². The summed E-state index contributed by atoms with van der Waals surface area (Å²) in [5, 5.41) is 1.05. The summed E-state index contributed by atoms with van der Waals surface area (Å²) in [5.41, 5.74) is 9.05. The predicted octanol–water partition coefficient (Wildman–Crippen LogP) is 3.21. The topological polar surface area (TPSA) is 68.1 Å². The number of nitrogens with two attached hydrogens (primary N) is 1. The van der Waals surface area contributed by atoms with Crippen LogP contribution in [0.15, 0.2) is 54.7 Å². The highest BCUT2D eigenvalue weighted by Gasteiger charge is 2.13. The number of benzene rings is 2. The number of nitrogens with one attached hydrogen (secondary N) is 1. The Morgan fingerprint density at radius 2 is 2.00 bits per heavy atom. The number of Topliss-reactive ketones (excluding diaryl/α,β-unsaturated/α-hetero) is 1. The molecule has 118 valence electrons. The van der Waals surface area contributed by atoms with Gasteiger partial charge in [0.05, 0.1) is 6.04 Å². The molecular formula is C19H20N2O2. The average molecular weight is 308 g/mol. The van der Waals surface area contributed by atoms with Crippen LogP contribution in [-0.4, -0.2) is 16.8 Å². The lowest BCUT2D eigenvalue weighted by atomic mass is 10.0. The first-order valence-electron chi connectivity index (χ1n) is 7.66. The van der Waals surface area contributed by atoms with E-state index < -0.39 is 6.04 Å². The number of ketones is 1. The van der Waals surface area contributed by atoms with E-state index in [2.05, 4.69) is 4.98 Å². The molecule has 3 rings (SSSR count). The lowest BCUT2D eigenvalue weighted by Gasteiger charge is -2.08. The van der Waals surface area contributed by atoms with Gasteiger partial charge in [0, 0.05) is 17.1 Å². The third-order valence-electron chi connectivity index (χ3n) is 3.95. The maximum Gasteiger partial charge on any atom is 0.146 e. The molecule has 0 spiro atoms. The zero-order valence-corrected chi connectivity index (χ0v) is 13.1. The highest BCUT2D eigenvalue weighted by molar-refractivity contribution is 5.86. The predicted molar refractivity (Wildman–Crippen MR) is 91.4 cm³/mol. The summed E-state index contributed by atoms with van der Waals surface area (Å²) in [5.74, 6) is 0.800. The molecule has 0 aliphatic rings. The van der Waals surface area contributed by atoms with Crippen LogP contribution in [0.25, 0.3) is 10.9 Å². The zero-order valence-electron chi connectivity index (χ0n) is 13.1. The normalized spacial score (nSPS) is 12.3. The molecule has 1 heterocycles. The number of hydrogen-bond donors (Lipinski definition) is 2. The van der Waals surface area contributed by atoms with E-state index in [0.717, 1.165) is 27.8 Å². The van der Waals surface area contributed by atoms with Gasteiger partial charge in [0.1, 0.15) is 18.1 Å². The number of rotatable bonds is 6. The molecule has 0 aliphatic carbocycles. The lowest BCUT2D eigenvalue weighted by molar-refractivity contribution is -0.118. The molecule has 1 unspecified atom stereocenters. The average Bonchev–Trinajstić information content (AvgIpc) is 2.96. The highest BCUT2D eigenvalue weighted by atomic mass is 16.5. The third kappa shape index (κ3) is 3.60. The van der Waals surface area contributed by atoms with Gasteiger partial charge in [-0.1, -0.05) is 30.3 Å². The van der Waals surface area contributed by atoms with Gasteiger partial charge in [-0.05, 0) is 42.7 Å². The van der Waals surface area contributed by atoms with Crippen LogP contribution in [0.4, 0.5) is 0 Å². The molecular weight excluding hydrogens is 288 g/mol. The van der Waals surface area contributed by atoms with Crippen LogP contribution in [0.2, 0.25) is 0 Å². The SMILES string of the molecule is CC(=O)C(N)Cc1c[nH]c2ccc(OCc3ccccc3)cc12. The summed E-state index contributed by atoms with van der Waals surface area (Å²) in [4.78, 5) is 14.6. The number of aromatic nitrogens is 1. The summed E-state index contributed by atoms with van der Waals surface area (Å²) < 4.78 is 5.86. The van der Waals surface area contributed by atoms with E-state index in [1.807, 2.05) is 54.7 Å². The molecule has 1 aromatic heterocycles. The summed E-state index contributed by atoms with van der Waals surface area (Å²) >= 11 is 0. The van der Waals surface area contributed by atoms with Crippen LogP contribution in [0.5, 0.6) is 5.75 Å². The fourth-order valence-corrected chi connectivity index (χ4v) is 2.54. The molecule has 0 aliphatic heterocycles. The molecule has 23 heavy (non-hydrogen) atoms. The largest absolute Gasteiger partial charge is 0.489 e. The van der Waals surface area contributed by atoms with Gasteiger partial charge in [-0.3, -0.25) is 4.79 Å². The first kappa shape index (κ1) is 15.3. The van der Waals surface area contributed by atoms with E-state index in [9.17, 15) is 4.79 Å². The Hall–Kier alpha value is -2.59. The Balaban J connectivity index is 1.78. The Morgan fingerprint density at radius 1 is 1.22 bits per heavy atom. The second kappa shape index (κ2) is 6.67. The molecule has 1 atom stereocenters. The van der Waals surface area contributed by atoms with Crippen molar-refractivity contribution in [3.63, 3.8) is 0 Å². The minimum atomic E-state index is -0.470. The number of fused-ring (bicyclic) bond motifs is 1. The Kier molecular flexibility index (Phi) is 4.44. The Morgan fingerprint density at radius 3 is 2.74 bits per heavy atom. The molecule has 4 nitrogen and oxygen atoms in total. The fourth-order valence-electron chi connectivity index (χ4n) is 2.54. The molecule has 0 radical (unpaired) electrons. The molecule has 3 N–H and O–H groups in total. The minimum Gasteiger partial charge on any atom is -0.489 e. The summed E-state index contributed by atoms with van der Waals surface area (Å²) in [6.45, 7) is 2.05. The fraction of sp³-hybridized carbons (Fsp3) is 0.211. The van der Waals surface area contributed by atoms with Gasteiger partial charge >= 0.3 is 0 Å². The quantitative estimate of drug-likeness (QED) is 0.735. The van der Waals surface area contributed by atoms with E-state index in [1.54, 1.807) is 0 Å². The van der Waals surface area contributed by atoms with Crippen molar-refractivity contribution in [3.05, 3.63) is 65.9 Å². The molecule has 2 aromatic carbocycles. The zero-order chi connectivity index (χ0) is 16.2. The van der Waals surface area contributed by atoms with Crippen molar-refractivity contribution in [1.29, 1.82) is 0 Å². The summed E-state index contributed by atoms with van der Waals surface area (Å²) in [6.07, 6.45) is 2.44. The molecule has 3 aromatic rings. The van der Waals surface area contributed by atoms with Gasteiger partial charge in [-0.25, -0.2) is 0 Å². The van der Waals surface area contributed by atoms with E-state index in [4.69, 9.17) is 10.5 Å². The minimum absolute atomic E-state index is 0.00386. The molecule has 0 fully saturated rings. The molecule has 4 heteroatoms. The number of carbonyl (C=O) groups excluding carboxylic acids is 1. The number of carbonyl (C=O) groups is 1. The lowest BCUT2D eigenvalue weighted by Crippen LogP contribution is -2.30. The van der Waals surface area contributed by atoms with E-state index in [1.165, 1.54) is 6.92 Å². The number of aromatic amines is 1. The van der Waals surface area contributed by atoms with Gasteiger partial charge in [0.2, 0.25) is 0 Å². The number of ether oxygens (including phenoxy) is 1. The first-order valence-corrected chi connectivity index (χ1v) is 7.66. The number of hydrogen-bond acceptors (Lipinski definition) is 3. The van der Waals surface area contributed by atoms with Gasteiger partial charge < -0.3 is 15.5 Å². The van der Waals surface area contributed by atoms with Crippen LogP contribution < -0.4 is 10.5 Å². The van der Waals surface area contributed by atoms with Crippen molar-refractivity contribution < 1.29 is 9.53 Å². The van der Waals surface area contributed by atoms with Gasteiger partial charge in [-0.15, -0.1) is 0 Å². The van der Waals surface area contributed by atoms with Crippen molar-refractivity contribution in [1.82, 2.24) is 4.98 Å². The second-order valence-electron chi connectivity index (χ2n) is 5.72. The first-order chi connectivity index (χ1) is 11.1. The monoisotopic (exact) mass is 308 g/mol. The van der Waals surface area contributed by atoms with Crippen LogP contribution >= 0.6 is 0 Å². The summed E-state index contributed by atoms with van der Waals surface area (Å²) in [7, 11) is 0. The standard InChI is InChI=1S/C19H20N2O2/c1-13(22)18(20)9-15-11-21-19-8-7-16(10-17(15)19)23-12-14-5-3-2-4-6-14/h2-8,10-11,18,21H,9,12,20H2,1H3. The van der Waals surface area contributed by atoms with Crippen molar-refractivity contribution in [2.24, 2.45) is 5.73 Å². The van der Waals surface area contributed by atoms with E-state index in [-0.39, 0.29) is 5.78 Å².